The fourth-order valence-corrected chi connectivity index (χ4v) is 2.66. The van der Waals surface area contributed by atoms with Crippen molar-refractivity contribution in [3.8, 4) is 0 Å². The van der Waals surface area contributed by atoms with Gasteiger partial charge in [-0.25, -0.2) is 4.39 Å². The van der Waals surface area contributed by atoms with Gasteiger partial charge < -0.3 is 10.6 Å². The average Bonchev–Trinajstić information content (AvgIpc) is 2.66. The Kier molecular flexibility index (Phi) is 6.89. The topological polar surface area (TPSA) is 58.2 Å². The fourth-order valence-electron chi connectivity index (χ4n) is 2.66. The number of hydrogen-bond acceptors (Lipinski definition) is 2. The Morgan fingerprint density at radius 2 is 1.58 bits per heavy atom. The predicted molar refractivity (Wildman–Crippen MR) is 100 cm³/mol. The first-order valence-electron chi connectivity index (χ1n) is 8.84. The van der Waals surface area contributed by atoms with Crippen LogP contribution in [0.25, 0.3) is 0 Å². The van der Waals surface area contributed by atoms with Crippen molar-refractivity contribution in [3.05, 3.63) is 71.5 Å². The van der Waals surface area contributed by atoms with Gasteiger partial charge in [0.2, 0.25) is 5.91 Å². The van der Waals surface area contributed by atoms with E-state index in [9.17, 15) is 14.0 Å². The predicted octanol–water partition coefficient (Wildman–Crippen LogP) is 3.85. The van der Waals surface area contributed by atoms with E-state index < -0.39 is 17.8 Å². The summed E-state index contributed by atoms with van der Waals surface area (Å²) in [7, 11) is 0. The van der Waals surface area contributed by atoms with Gasteiger partial charge in [-0.2, -0.15) is 0 Å². The molecule has 0 radical (unpaired) electrons. The fraction of sp³-hybridized carbons (Fsp3) is 0.333. The molecule has 2 N–H and O–H groups in total. The van der Waals surface area contributed by atoms with Crippen molar-refractivity contribution >= 4 is 11.8 Å². The minimum atomic E-state index is -0.663. The lowest BCUT2D eigenvalue weighted by Gasteiger charge is -2.25. The number of hydrogen-bond donors (Lipinski definition) is 2. The number of carbonyl (C=O) groups excluding carboxylic acids is 2. The first-order valence-corrected chi connectivity index (χ1v) is 8.84. The molecule has 2 amide bonds. The molecule has 0 aromatic heterocycles. The van der Waals surface area contributed by atoms with E-state index in [2.05, 4.69) is 10.6 Å². The summed E-state index contributed by atoms with van der Waals surface area (Å²) in [5.74, 6) is -1.07. The highest BCUT2D eigenvalue weighted by Crippen LogP contribution is 2.15. The van der Waals surface area contributed by atoms with E-state index in [1.165, 1.54) is 24.3 Å². The molecule has 0 saturated heterocycles. The summed E-state index contributed by atoms with van der Waals surface area (Å²) >= 11 is 0. The van der Waals surface area contributed by atoms with Crippen LogP contribution in [0.1, 0.15) is 49.2 Å². The van der Waals surface area contributed by atoms with Crippen LogP contribution in [0.2, 0.25) is 0 Å². The van der Waals surface area contributed by atoms with E-state index in [-0.39, 0.29) is 17.9 Å². The molecule has 3 atom stereocenters. The lowest BCUT2D eigenvalue weighted by molar-refractivity contribution is -0.124. The Morgan fingerprint density at radius 1 is 0.962 bits per heavy atom. The van der Waals surface area contributed by atoms with E-state index in [4.69, 9.17) is 0 Å². The molecular weight excluding hydrogens is 331 g/mol. The van der Waals surface area contributed by atoms with Gasteiger partial charge in [-0.1, -0.05) is 50.6 Å². The standard InChI is InChI=1S/C21H25FN2O2/c1-4-14(2)19(24-20(25)17-10-12-18(22)13-11-17)21(26)23-15(3)16-8-6-5-7-9-16/h5-15,19H,4H2,1-3H3,(H,23,26)(H,24,25)/t14-,15-,19+/m0/s1. The summed E-state index contributed by atoms with van der Waals surface area (Å²) in [5.41, 5.74) is 1.32. The molecule has 26 heavy (non-hydrogen) atoms. The zero-order chi connectivity index (χ0) is 19.1. The minimum Gasteiger partial charge on any atom is -0.348 e. The minimum absolute atomic E-state index is 0.0395. The Bertz CT molecular complexity index is 731. The summed E-state index contributed by atoms with van der Waals surface area (Å²) < 4.78 is 13.0. The highest BCUT2D eigenvalue weighted by atomic mass is 19.1. The van der Waals surface area contributed by atoms with Crippen molar-refractivity contribution in [1.82, 2.24) is 10.6 Å². The molecule has 5 heteroatoms. The van der Waals surface area contributed by atoms with Crippen LogP contribution in [0.4, 0.5) is 4.39 Å². The Hall–Kier alpha value is -2.69. The Morgan fingerprint density at radius 3 is 2.15 bits per heavy atom. The molecule has 0 aliphatic heterocycles. The highest BCUT2D eigenvalue weighted by Gasteiger charge is 2.27. The second-order valence-corrected chi connectivity index (χ2v) is 6.48. The third kappa shape index (κ3) is 5.15. The van der Waals surface area contributed by atoms with Gasteiger partial charge in [0.1, 0.15) is 11.9 Å². The normalized spacial score (nSPS) is 14.2. The van der Waals surface area contributed by atoms with Crippen LogP contribution in [0.3, 0.4) is 0 Å². The molecule has 138 valence electrons. The zero-order valence-electron chi connectivity index (χ0n) is 15.3. The molecule has 0 unspecified atom stereocenters. The van der Waals surface area contributed by atoms with E-state index >= 15 is 0 Å². The molecule has 2 rings (SSSR count). The van der Waals surface area contributed by atoms with Crippen molar-refractivity contribution in [2.45, 2.75) is 39.3 Å². The van der Waals surface area contributed by atoms with Crippen molar-refractivity contribution < 1.29 is 14.0 Å². The van der Waals surface area contributed by atoms with Gasteiger partial charge in [0, 0.05) is 5.56 Å². The van der Waals surface area contributed by atoms with Gasteiger partial charge in [0.15, 0.2) is 0 Å². The van der Waals surface area contributed by atoms with Crippen LogP contribution in [-0.2, 0) is 4.79 Å². The SMILES string of the molecule is CC[C@H](C)[C@@H](NC(=O)c1ccc(F)cc1)C(=O)N[C@@H](C)c1ccccc1. The van der Waals surface area contributed by atoms with E-state index in [0.717, 1.165) is 12.0 Å². The summed E-state index contributed by atoms with van der Waals surface area (Å²) in [6.07, 6.45) is 0.738. The Labute approximate surface area is 153 Å². The number of rotatable bonds is 7. The molecule has 2 aromatic rings. The molecule has 0 aliphatic rings. The molecule has 0 saturated carbocycles. The van der Waals surface area contributed by atoms with Crippen LogP contribution < -0.4 is 10.6 Å². The van der Waals surface area contributed by atoms with Gasteiger partial charge in [-0.3, -0.25) is 9.59 Å². The van der Waals surface area contributed by atoms with Crippen molar-refractivity contribution in [3.63, 3.8) is 0 Å². The lowest BCUT2D eigenvalue weighted by atomic mass is 9.97. The third-order valence-corrected chi connectivity index (χ3v) is 4.55. The van der Waals surface area contributed by atoms with Gasteiger partial charge in [0.25, 0.3) is 5.91 Å². The second kappa shape index (κ2) is 9.13. The van der Waals surface area contributed by atoms with E-state index in [0.29, 0.717) is 5.56 Å². The smallest absolute Gasteiger partial charge is 0.251 e. The summed E-state index contributed by atoms with van der Waals surface area (Å²) in [4.78, 5) is 25.2. The molecule has 2 aromatic carbocycles. The van der Waals surface area contributed by atoms with Gasteiger partial charge in [0.05, 0.1) is 6.04 Å². The van der Waals surface area contributed by atoms with Crippen LogP contribution in [0, 0.1) is 11.7 Å². The van der Waals surface area contributed by atoms with Gasteiger partial charge >= 0.3 is 0 Å². The summed E-state index contributed by atoms with van der Waals surface area (Å²) in [6.45, 7) is 5.79. The number of amides is 2. The summed E-state index contributed by atoms with van der Waals surface area (Å²) in [6, 6.07) is 14.1. The van der Waals surface area contributed by atoms with E-state index in [1.54, 1.807) is 0 Å². The van der Waals surface area contributed by atoms with Gasteiger partial charge in [-0.05, 0) is 42.7 Å². The number of nitrogens with one attached hydrogen (secondary N) is 2. The zero-order valence-corrected chi connectivity index (χ0v) is 15.3. The maximum atomic E-state index is 13.0. The van der Waals surface area contributed by atoms with Crippen molar-refractivity contribution in [2.24, 2.45) is 5.92 Å². The molecule has 0 fully saturated rings. The average molecular weight is 356 g/mol. The number of benzene rings is 2. The van der Waals surface area contributed by atoms with Crippen LogP contribution >= 0.6 is 0 Å². The third-order valence-electron chi connectivity index (χ3n) is 4.55. The molecule has 0 spiro atoms. The first-order chi connectivity index (χ1) is 12.4. The first kappa shape index (κ1) is 19.6. The van der Waals surface area contributed by atoms with Crippen LogP contribution in [0.15, 0.2) is 54.6 Å². The number of carbonyl (C=O) groups is 2. The van der Waals surface area contributed by atoms with E-state index in [1.807, 2.05) is 51.1 Å². The molecular formula is C21H25FN2O2. The quantitative estimate of drug-likeness (QED) is 0.792. The second-order valence-electron chi connectivity index (χ2n) is 6.48. The largest absolute Gasteiger partial charge is 0.348 e. The van der Waals surface area contributed by atoms with Gasteiger partial charge in [-0.15, -0.1) is 0 Å². The molecule has 0 aliphatic carbocycles. The maximum Gasteiger partial charge on any atom is 0.251 e. The molecule has 4 nitrogen and oxygen atoms in total. The van der Waals surface area contributed by atoms with Crippen LogP contribution in [0.5, 0.6) is 0 Å². The highest BCUT2D eigenvalue weighted by molar-refractivity contribution is 5.97. The Balaban J connectivity index is 2.09. The van der Waals surface area contributed by atoms with Crippen molar-refractivity contribution in [1.29, 1.82) is 0 Å². The number of halogens is 1. The molecule has 0 heterocycles. The lowest BCUT2D eigenvalue weighted by Crippen LogP contribution is -2.50. The summed E-state index contributed by atoms with van der Waals surface area (Å²) in [5, 5.41) is 5.75. The monoisotopic (exact) mass is 356 g/mol. The van der Waals surface area contributed by atoms with Crippen LogP contribution in [-0.4, -0.2) is 17.9 Å². The maximum absolute atomic E-state index is 13.0. The molecule has 0 bridgehead atoms. The van der Waals surface area contributed by atoms with Crippen molar-refractivity contribution in [2.75, 3.05) is 0 Å².